The number of rotatable bonds is 8. The van der Waals surface area contributed by atoms with E-state index in [1.54, 1.807) is 0 Å². The van der Waals surface area contributed by atoms with Gasteiger partial charge in [-0.15, -0.1) is 0 Å². The summed E-state index contributed by atoms with van der Waals surface area (Å²) in [5.74, 6) is -0.0000931. The number of hydrogen-bond donors (Lipinski definition) is 2. The Morgan fingerprint density at radius 1 is 1.15 bits per heavy atom. The molecule has 2 amide bonds. The molecule has 6 heteroatoms. The van der Waals surface area contributed by atoms with Crippen molar-refractivity contribution in [1.29, 1.82) is 0 Å². The minimum atomic E-state index is -0.553. The molecule has 1 rings (SSSR count). The van der Waals surface area contributed by atoms with Crippen molar-refractivity contribution < 1.29 is 19.1 Å². The van der Waals surface area contributed by atoms with Gasteiger partial charge in [0.25, 0.3) is 0 Å². The molecule has 144 valence electrons. The van der Waals surface area contributed by atoms with Crippen LogP contribution in [-0.4, -0.2) is 37.5 Å². The van der Waals surface area contributed by atoms with Crippen LogP contribution in [0, 0.1) is 12.8 Å². The summed E-state index contributed by atoms with van der Waals surface area (Å²) >= 11 is 0. The Morgan fingerprint density at radius 2 is 1.77 bits per heavy atom. The third-order valence-corrected chi connectivity index (χ3v) is 3.57. The van der Waals surface area contributed by atoms with E-state index >= 15 is 0 Å². The number of aryl methyl sites for hydroxylation is 1. The van der Waals surface area contributed by atoms with Crippen LogP contribution in [0.15, 0.2) is 36.9 Å². The lowest BCUT2D eigenvalue weighted by Crippen LogP contribution is -2.40. The molecular formula is C20H30N2O4. The first-order valence-electron chi connectivity index (χ1n) is 8.74. The second-order valence-corrected chi connectivity index (χ2v) is 7.15. The summed E-state index contributed by atoms with van der Waals surface area (Å²) in [5.41, 5.74) is 1.79. The normalized spacial score (nSPS) is 12.0. The minimum Gasteiger partial charge on any atom is -0.445 e. The average molecular weight is 362 g/mol. The number of amides is 2. The first-order chi connectivity index (χ1) is 12.2. The predicted octanol–water partition coefficient (Wildman–Crippen LogP) is 3.59. The number of nitrogens with one attached hydrogen (secondary N) is 2. The highest BCUT2D eigenvalue weighted by Gasteiger charge is 2.18. The fraction of sp³-hybridized carbons (Fsp3) is 0.500. The van der Waals surface area contributed by atoms with E-state index < -0.39 is 17.8 Å². The Morgan fingerprint density at radius 3 is 2.35 bits per heavy atom. The summed E-state index contributed by atoms with van der Waals surface area (Å²) < 4.78 is 10.2. The zero-order valence-electron chi connectivity index (χ0n) is 16.1. The van der Waals surface area contributed by atoms with E-state index in [-0.39, 0.29) is 12.5 Å². The lowest BCUT2D eigenvalue weighted by Gasteiger charge is -2.22. The molecule has 0 unspecified atom stereocenters. The van der Waals surface area contributed by atoms with Crippen molar-refractivity contribution in [1.82, 2.24) is 10.6 Å². The molecule has 26 heavy (non-hydrogen) atoms. The van der Waals surface area contributed by atoms with E-state index in [9.17, 15) is 9.59 Å². The van der Waals surface area contributed by atoms with Crippen molar-refractivity contribution in [2.45, 2.75) is 39.7 Å². The van der Waals surface area contributed by atoms with Crippen LogP contribution in [0.1, 0.15) is 31.9 Å². The van der Waals surface area contributed by atoms with E-state index in [0.29, 0.717) is 19.5 Å². The van der Waals surface area contributed by atoms with Gasteiger partial charge in [0.15, 0.2) is 0 Å². The molecule has 1 aromatic carbocycles. The first-order valence-corrected chi connectivity index (χ1v) is 8.74. The number of alkyl carbamates (subject to hydrolysis) is 2. The third-order valence-electron chi connectivity index (χ3n) is 3.57. The summed E-state index contributed by atoms with van der Waals surface area (Å²) in [6.45, 7) is 11.9. The number of benzene rings is 1. The maximum absolute atomic E-state index is 11.9. The highest BCUT2D eigenvalue weighted by atomic mass is 16.6. The molecule has 6 nitrogen and oxygen atoms in total. The molecule has 0 aromatic heterocycles. The lowest BCUT2D eigenvalue weighted by atomic mass is 9.96. The van der Waals surface area contributed by atoms with Crippen LogP contribution in [0.5, 0.6) is 0 Å². The number of ether oxygens (including phenoxy) is 2. The Hall–Kier alpha value is -2.50. The molecule has 0 aliphatic rings. The predicted molar refractivity (Wildman–Crippen MR) is 102 cm³/mol. The van der Waals surface area contributed by atoms with E-state index in [2.05, 4.69) is 17.2 Å². The summed E-state index contributed by atoms with van der Waals surface area (Å²) in [7, 11) is 0. The second-order valence-electron chi connectivity index (χ2n) is 7.15. The molecule has 0 spiro atoms. The van der Waals surface area contributed by atoms with Gasteiger partial charge in [-0.2, -0.15) is 0 Å². The zero-order valence-corrected chi connectivity index (χ0v) is 16.1. The van der Waals surface area contributed by atoms with Crippen LogP contribution in [0.2, 0.25) is 0 Å². The van der Waals surface area contributed by atoms with Gasteiger partial charge in [-0.1, -0.05) is 36.9 Å². The van der Waals surface area contributed by atoms with Gasteiger partial charge in [0.2, 0.25) is 0 Å². The highest BCUT2D eigenvalue weighted by Crippen LogP contribution is 2.13. The average Bonchev–Trinajstić information content (AvgIpc) is 2.55. The third kappa shape index (κ3) is 9.11. The molecule has 0 aliphatic heterocycles. The van der Waals surface area contributed by atoms with Crippen molar-refractivity contribution in [2.75, 3.05) is 19.7 Å². The first kappa shape index (κ1) is 21.5. The van der Waals surface area contributed by atoms with Gasteiger partial charge in [0.1, 0.15) is 12.2 Å². The van der Waals surface area contributed by atoms with Crippen LogP contribution in [0.4, 0.5) is 9.59 Å². The summed E-state index contributed by atoms with van der Waals surface area (Å²) in [4.78, 5) is 23.6. The molecule has 0 saturated carbocycles. The number of carbonyl (C=O) groups excluding carboxylic acids is 2. The number of carbonyl (C=O) groups is 2. The van der Waals surface area contributed by atoms with E-state index in [0.717, 1.165) is 0 Å². The quantitative estimate of drug-likeness (QED) is 0.693. The van der Waals surface area contributed by atoms with Crippen molar-refractivity contribution >= 4 is 12.2 Å². The maximum Gasteiger partial charge on any atom is 0.407 e. The Bertz CT molecular complexity index is 608. The monoisotopic (exact) mass is 362 g/mol. The SMILES string of the molecule is C=CCOC(=O)NC[C@@H](CNC(=O)OC(C)(C)C)Cc1ccccc1C. The molecule has 0 saturated heterocycles. The molecule has 1 aromatic rings. The van der Waals surface area contributed by atoms with Gasteiger partial charge in [-0.25, -0.2) is 9.59 Å². The zero-order chi connectivity index (χ0) is 19.6. The van der Waals surface area contributed by atoms with Crippen molar-refractivity contribution in [2.24, 2.45) is 5.92 Å². The van der Waals surface area contributed by atoms with E-state index in [4.69, 9.17) is 9.47 Å². The molecule has 0 radical (unpaired) electrons. The molecular weight excluding hydrogens is 332 g/mol. The smallest absolute Gasteiger partial charge is 0.407 e. The summed E-state index contributed by atoms with van der Waals surface area (Å²) in [6.07, 6.45) is 1.25. The maximum atomic E-state index is 11.9. The van der Waals surface area contributed by atoms with E-state index in [1.807, 2.05) is 52.0 Å². The number of hydrogen-bond acceptors (Lipinski definition) is 4. The molecule has 2 N–H and O–H groups in total. The van der Waals surface area contributed by atoms with Gasteiger partial charge in [0, 0.05) is 13.1 Å². The Labute approximate surface area is 156 Å². The van der Waals surface area contributed by atoms with Crippen molar-refractivity contribution in [3.63, 3.8) is 0 Å². The summed E-state index contributed by atoms with van der Waals surface area (Å²) in [5, 5.41) is 5.50. The molecule has 0 bridgehead atoms. The Kier molecular flexibility index (Phi) is 8.68. The van der Waals surface area contributed by atoms with Gasteiger partial charge in [-0.3, -0.25) is 0 Å². The molecule has 1 atom stereocenters. The van der Waals surface area contributed by atoms with Crippen molar-refractivity contribution in [3.05, 3.63) is 48.0 Å². The van der Waals surface area contributed by atoms with Crippen molar-refractivity contribution in [3.8, 4) is 0 Å². The summed E-state index contributed by atoms with van der Waals surface area (Å²) in [6, 6.07) is 8.05. The molecule has 0 heterocycles. The topological polar surface area (TPSA) is 76.7 Å². The van der Waals surface area contributed by atoms with Gasteiger partial charge in [0.05, 0.1) is 0 Å². The van der Waals surface area contributed by atoms with Crippen LogP contribution >= 0.6 is 0 Å². The van der Waals surface area contributed by atoms with Crippen LogP contribution in [0.25, 0.3) is 0 Å². The minimum absolute atomic E-state index is 0.0000931. The fourth-order valence-corrected chi connectivity index (χ4v) is 2.32. The standard InChI is InChI=1S/C20H30N2O4/c1-6-11-25-18(23)21-13-16(12-17-10-8-7-9-15(17)2)14-22-19(24)26-20(3,4)5/h6-10,16H,1,11-14H2,2-5H3,(H,21,23)(H,22,24)/t16-/m0/s1. The van der Waals surface area contributed by atoms with Gasteiger partial charge < -0.3 is 20.1 Å². The molecule has 0 fully saturated rings. The van der Waals surface area contributed by atoms with Gasteiger partial charge in [-0.05, 0) is 51.2 Å². The second kappa shape index (κ2) is 10.5. The van der Waals surface area contributed by atoms with Gasteiger partial charge >= 0.3 is 12.2 Å². The van der Waals surface area contributed by atoms with E-state index in [1.165, 1.54) is 17.2 Å². The lowest BCUT2D eigenvalue weighted by molar-refractivity contribution is 0.0519. The largest absolute Gasteiger partial charge is 0.445 e. The highest BCUT2D eigenvalue weighted by molar-refractivity contribution is 5.68. The molecule has 0 aliphatic carbocycles. The van der Waals surface area contributed by atoms with Crippen LogP contribution in [0.3, 0.4) is 0 Å². The van der Waals surface area contributed by atoms with Crippen LogP contribution in [-0.2, 0) is 15.9 Å². The fourth-order valence-electron chi connectivity index (χ4n) is 2.32. The Balaban J connectivity index is 2.65. The van der Waals surface area contributed by atoms with Crippen LogP contribution < -0.4 is 10.6 Å².